The van der Waals surface area contributed by atoms with Gasteiger partial charge in [-0.05, 0) is 5.92 Å². The van der Waals surface area contributed by atoms with Crippen molar-refractivity contribution in [1.29, 1.82) is 0 Å². The van der Waals surface area contributed by atoms with Crippen LogP contribution in [0.3, 0.4) is 0 Å². The highest BCUT2D eigenvalue weighted by Crippen LogP contribution is 2.07. The van der Waals surface area contributed by atoms with E-state index >= 15 is 0 Å². The van der Waals surface area contributed by atoms with Crippen LogP contribution in [0.15, 0.2) is 0 Å². The average Bonchev–Trinajstić information content (AvgIpc) is 2.25. The van der Waals surface area contributed by atoms with Gasteiger partial charge in [0.1, 0.15) is 6.04 Å². The van der Waals surface area contributed by atoms with Crippen molar-refractivity contribution < 1.29 is 19.4 Å². The summed E-state index contributed by atoms with van der Waals surface area (Å²) < 4.78 is 4.75. The van der Waals surface area contributed by atoms with Crippen molar-refractivity contribution in [2.45, 2.75) is 26.3 Å². The number of methoxy groups -OCH3 is 1. The van der Waals surface area contributed by atoms with Crippen LogP contribution in [0.25, 0.3) is 0 Å². The molecule has 0 fully saturated rings. The van der Waals surface area contributed by atoms with Gasteiger partial charge in [-0.2, -0.15) is 0 Å². The van der Waals surface area contributed by atoms with Crippen molar-refractivity contribution in [2.75, 3.05) is 20.3 Å². The topological polar surface area (TPSA) is 87.7 Å². The fourth-order valence-corrected chi connectivity index (χ4v) is 1.14. The quantitative estimate of drug-likeness (QED) is 0.555. The van der Waals surface area contributed by atoms with Crippen LogP contribution in [0.4, 0.5) is 4.79 Å². The summed E-state index contributed by atoms with van der Waals surface area (Å²) in [6.45, 7) is 4.42. The molecule has 0 aliphatic rings. The van der Waals surface area contributed by atoms with E-state index in [-0.39, 0.29) is 5.92 Å². The fourth-order valence-electron chi connectivity index (χ4n) is 1.14. The standard InChI is InChI=1S/C10H20N2O4/c1-4-7(2)8(9(13)14)12-10(15)11-5-6-16-3/h7-8H,4-6H2,1-3H3,(H,13,14)(H2,11,12,15)/t7-,8-/m0/s1. The number of aliphatic carboxylic acids is 1. The molecule has 6 nitrogen and oxygen atoms in total. The van der Waals surface area contributed by atoms with Crippen LogP contribution < -0.4 is 10.6 Å². The first kappa shape index (κ1) is 14.7. The molecule has 0 aromatic heterocycles. The van der Waals surface area contributed by atoms with Crippen LogP contribution in [0.2, 0.25) is 0 Å². The molecular formula is C10H20N2O4. The summed E-state index contributed by atoms with van der Waals surface area (Å²) in [5.74, 6) is -1.12. The smallest absolute Gasteiger partial charge is 0.326 e. The Bertz CT molecular complexity index is 233. The third kappa shape index (κ3) is 5.55. The lowest BCUT2D eigenvalue weighted by atomic mass is 9.99. The van der Waals surface area contributed by atoms with Gasteiger partial charge in [-0.3, -0.25) is 0 Å². The first-order valence-electron chi connectivity index (χ1n) is 5.29. The number of rotatable bonds is 7. The predicted octanol–water partition coefficient (Wildman–Crippen LogP) is 0.431. The Labute approximate surface area is 95.4 Å². The minimum atomic E-state index is -1.02. The number of carbonyl (C=O) groups is 2. The van der Waals surface area contributed by atoms with E-state index < -0.39 is 18.0 Å². The first-order valence-corrected chi connectivity index (χ1v) is 5.29. The fraction of sp³-hybridized carbons (Fsp3) is 0.800. The highest BCUT2D eigenvalue weighted by molar-refractivity contribution is 5.82. The Hall–Kier alpha value is -1.30. The molecule has 0 heterocycles. The Morgan fingerprint density at radius 3 is 2.50 bits per heavy atom. The van der Waals surface area contributed by atoms with Crippen LogP contribution in [0, 0.1) is 5.92 Å². The Kier molecular flexibility index (Phi) is 7.28. The number of carboxylic acids is 1. The van der Waals surface area contributed by atoms with Gasteiger partial charge < -0.3 is 20.5 Å². The Morgan fingerprint density at radius 2 is 2.06 bits per heavy atom. The lowest BCUT2D eigenvalue weighted by Gasteiger charge is -2.20. The predicted molar refractivity (Wildman–Crippen MR) is 59.3 cm³/mol. The van der Waals surface area contributed by atoms with Crippen LogP contribution in [-0.4, -0.2) is 43.4 Å². The van der Waals surface area contributed by atoms with E-state index in [1.165, 1.54) is 7.11 Å². The molecule has 0 radical (unpaired) electrons. The van der Waals surface area contributed by atoms with Gasteiger partial charge in [-0.1, -0.05) is 20.3 Å². The van der Waals surface area contributed by atoms with Gasteiger partial charge in [-0.15, -0.1) is 0 Å². The van der Waals surface area contributed by atoms with Crippen molar-refractivity contribution in [3.05, 3.63) is 0 Å². The number of carboxylic acid groups (broad SMARTS) is 1. The molecule has 0 aliphatic carbocycles. The Balaban J connectivity index is 4.09. The van der Waals surface area contributed by atoms with Crippen LogP contribution in [0.1, 0.15) is 20.3 Å². The van der Waals surface area contributed by atoms with E-state index in [1.54, 1.807) is 6.92 Å². The summed E-state index contributed by atoms with van der Waals surface area (Å²) in [6, 6.07) is -1.34. The second-order valence-corrected chi connectivity index (χ2v) is 3.59. The number of carbonyl (C=O) groups excluding carboxylic acids is 1. The molecule has 2 amide bonds. The molecule has 2 atom stereocenters. The van der Waals surface area contributed by atoms with Gasteiger partial charge in [0.2, 0.25) is 0 Å². The number of ether oxygens (including phenoxy) is 1. The van der Waals surface area contributed by atoms with Gasteiger partial charge >= 0.3 is 12.0 Å². The van der Waals surface area contributed by atoms with Gasteiger partial charge in [0.25, 0.3) is 0 Å². The van der Waals surface area contributed by atoms with Gasteiger partial charge in [0.15, 0.2) is 0 Å². The SMILES string of the molecule is CC[C@H](C)[C@H](NC(=O)NCCOC)C(=O)O. The normalized spacial score (nSPS) is 13.9. The van der Waals surface area contributed by atoms with Crippen molar-refractivity contribution in [3.63, 3.8) is 0 Å². The third-order valence-electron chi connectivity index (χ3n) is 2.36. The van der Waals surface area contributed by atoms with Gasteiger partial charge in [0.05, 0.1) is 6.61 Å². The lowest BCUT2D eigenvalue weighted by Crippen LogP contribution is -2.49. The summed E-state index contributed by atoms with van der Waals surface area (Å²) in [5.41, 5.74) is 0. The van der Waals surface area contributed by atoms with Crippen molar-refractivity contribution in [1.82, 2.24) is 10.6 Å². The van der Waals surface area contributed by atoms with E-state index in [9.17, 15) is 9.59 Å². The zero-order valence-corrected chi connectivity index (χ0v) is 9.95. The van der Waals surface area contributed by atoms with E-state index in [4.69, 9.17) is 9.84 Å². The molecule has 0 aliphatic heterocycles. The summed E-state index contributed by atoms with van der Waals surface area (Å²) >= 11 is 0. The minimum Gasteiger partial charge on any atom is -0.480 e. The molecule has 0 rings (SSSR count). The number of amides is 2. The number of hydrogen-bond donors (Lipinski definition) is 3. The van der Waals surface area contributed by atoms with Crippen molar-refractivity contribution in [2.24, 2.45) is 5.92 Å². The number of urea groups is 1. The maximum Gasteiger partial charge on any atom is 0.326 e. The van der Waals surface area contributed by atoms with Crippen molar-refractivity contribution >= 4 is 12.0 Å². The maximum absolute atomic E-state index is 11.3. The summed E-state index contributed by atoms with van der Waals surface area (Å²) in [7, 11) is 1.53. The van der Waals surface area contributed by atoms with Gasteiger partial charge in [0, 0.05) is 13.7 Å². The van der Waals surface area contributed by atoms with E-state index in [2.05, 4.69) is 10.6 Å². The molecule has 3 N–H and O–H groups in total. The maximum atomic E-state index is 11.3. The van der Waals surface area contributed by atoms with Crippen LogP contribution in [-0.2, 0) is 9.53 Å². The molecule has 0 unspecified atom stereocenters. The summed E-state index contributed by atoms with van der Waals surface area (Å²) in [5, 5.41) is 13.9. The molecule has 0 saturated carbocycles. The first-order chi connectivity index (χ1) is 7.52. The molecule has 94 valence electrons. The zero-order chi connectivity index (χ0) is 12.6. The molecule has 0 saturated heterocycles. The molecule has 0 aromatic carbocycles. The highest BCUT2D eigenvalue weighted by atomic mass is 16.5. The van der Waals surface area contributed by atoms with Crippen LogP contribution in [0.5, 0.6) is 0 Å². The molecular weight excluding hydrogens is 212 g/mol. The van der Waals surface area contributed by atoms with Crippen LogP contribution >= 0.6 is 0 Å². The number of nitrogens with one attached hydrogen (secondary N) is 2. The second-order valence-electron chi connectivity index (χ2n) is 3.59. The molecule has 6 heteroatoms. The largest absolute Gasteiger partial charge is 0.480 e. The molecule has 0 spiro atoms. The summed E-state index contributed by atoms with van der Waals surface area (Å²) in [6.07, 6.45) is 0.690. The van der Waals surface area contributed by atoms with E-state index in [1.807, 2.05) is 6.92 Å². The Morgan fingerprint density at radius 1 is 1.44 bits per heavy atom. The second kappa shape index (κ2) is 7.92. The molecule has 0 bridgehead atoms. The highest BCUT2D eigenvalue weighted by Gasteiger charge is 2.24. The lowest BCUT2D eigenvalue weighted by molar-refractivity contribution is -0.140. The third-order valence-corrected chi connectivity index (χ3v) is 2.36. The monoisotopic (exact) mass is 232 g/mol. The van der Waals surface area contributed by atoms with E-state index in [0.717, 1.165) is 0 Å². The number of hydrogen-bond acceptors (Lipinski definition) is 3. The molecule has 0 aromatic rings. The van der Waals surface area contributed by atoms with Crippen molar-refractivity contribution in [3.8, 4) is 0 Å². The average molecular weight is 232 g/mol. The summed E-state index contributed by atoms with van der Waals surface area (Å²) in [4.78, 5) is 22.2. The minimum absolute atomic E-state index is 0.106. The van der Waals surface area contributed by atoms with Gasteiger partial charge in [-0.25, -0.2) is 9.59 Å². The zero-order valence-electron chi connectivity index (χ0n) is 9.95. The van der Waals surface area contributed by atoms with E-state index in [0.29, 0.717) is 19.6 Å². The molecule has 16 heavy (non-hydrogen) atoms.